The molecule has 0 radical (unpaired) electrons. The van der Waals surface area contributed by atoms with Crippen molar-refractivity contribution in [3.8, 4) is 16.9 Å². The topological polar surface area (TPSA) is 132 Å². The Balaban J connectivity index is 1.65. The van der Waals surface area contributed by atoms with Crippen LogP contribution < -0.4 is 0 Å². The van der Waals surface area contributed by atoms with Gasteiger partial charge in [0.15, 0.2) is 17.2 Å². The lowest BCUT2D eigenvalue weighted by atomic mass is 9.43. The normalized spacial score (nSPS) is 27.6. The standard InChI is InChI=1S/C39H46O7/c1-20(2)10-9-11-22(5)24-12-14-25(15-13-24)26-16-17-28(41)30-27(26)18-37(7)19-38(8)31(21(3)4)33(42)29(23(6)40)35(44)39(38,46)36(45)32(37)34(30)43/h12-17,20-21,31,41,43-44,46H,5,9-11,18-19H2,1-4,6-8H3/t31?,37-,38-,39+/m1/s1. The molecule has 0 heterocycles. The molecule has 2 aromatic carbocycles. The van der Waals surface area contributed by atoms with Crippen LogP contribution in [0.5, 0.6) is 5.75 Å². The summed E-state index contributed by atoms with van der Waals surface area (Å²) in [6, 6.07) is 11.3. The highest BCUT2D eigenvalue weighted by atomic mass is 16.3. The van der Waals surface area contributed by atoms with Crippen LogP contribution in [0.1, 0.15) is 90.8 Å². The molecular formula is C39H46O7. The number of fused-ring (bicyclic) bond motifs is 3. The van der Waals surface area contributed by atoms with Crippen molar-refractivity contribution in [3.63, 3.8) is 0 Å². The summed E-state index contributed by atoms with van der Waals surface area (Å²) in [6.07, 6.45) is 3.37. The van der Waals surface area contributed by atoms with Crippen LogP contribution in [0, 0.1) is 28.6 Å². The molecule has 3 aliphatic rings. The van der Waals surface area contributed by atoms with Crippen molar-refractivity contribution in [2.45, 2.75) is 86.2 Å². The zero-order valence-corrected chi connectivity index (χ0v) is 28.0. The first-order chi connectivity index (χ1) is 21.4. The second kappa shape index (κ2) is 11.4. The first-order valence-corrected chi connectivity index (χ1v) is 16.2. The molecule has 0 bridgehead atoms. The largest absolute Gasteiger partial charge is 0.508 e. The highest BCUT2D eigenvalue weighted by molar-refractivity contribution is 6.24. The lowest BCUT2D eigenvalue weighted by Crippen LogP contribution is -2.69. The van der Waals surface area contributed by atoms with Gasteiger partial charge in [-0.15, -0.1) is 0 Å². The molecule has 1 saturated carbocycles. The van der Waals surface area contributed by atoms with Gasteiger partial charge >= 0.3 is 0 Å². The maximum absolute atomic E-state index is 14.5. The van der Waals surface area contributed by atoms with Crippen molar-refractivity contribution in [1.29, 1.82) is 0 Å². The van der Waals surface area contributed by atoms with Gasteiger partial charge in [-0.1, -0.05) is 84.9 Å². The molecule has 46 heavy (non-hydrogen) atoms. The third-order valence-corrected chi connectivity index (χ3v) is 10.8. The van der Waals surface area contributed by atoms with E-state index in [1.807, 2.05) is 31.2 Å². The van der Waals surface area contributed by atoms with Crippen molar-refractivity contribution in [2.24, 2.45) is 28.6 Å². The Bertz CT molecular complexity index is 1720. The number of aliphatic hydroxyl groups excluding tert-OH is 2. The van der Waals surface area contributed by atoms with Gasteiger partial charge in [-0.2, -0.15) is 0 Å². The number of hydrogen-bond donors (Lipinski definition) is 4. The van der Waals surface area contributed by atoms with Crippen LogP contribution in [0.4, 0.5) is 0 Å². The Kier molecular flexibility index (Phi) is 8.26. The fourth-order valence-corrected chi connectivity index (χ4v) is 8.74. The van der Waals surface area contributed by atoms with Crippen molar-refractivity contribution in [2.75, 3.05) is 0 Å². The van der Waals surface area contributed by atoms with Crippen LogP contribution in [0.15, 0.2) is 59.9 Å². The number of phenols is 1. The predicted octanol–water partition coefficient (Wildman–Crippen LogP) is 7.70. The molecule has 7 nitrogen and oxygen atoms in total. The summed E-state index contributed by atoms with van der Waals surface area (Å²) in [4.78, 5) is 40.8. The second-order valence-corrected chi connectivity index (χ2v) is 14.9. The molecule has 2 aromatic rings. The summed E-state index contributed by atoms with van der Waals surface area (Å²) >= 11 is 0. The van der Waals surface area contributed by atoms with Gasteiger partial charge in [0.25, 0.3) is 0 Å². The zero-order chi connectivity index (χ0) is 34.1. The summed E-state index contributed by atoms with van der Waals surface area (Å²) in [6.45, 7) is 16.8. The number of benzene rings is 2. The average molecular weight is 627 g/mol. The molecule has 1 fully saturated rings. The first-order valence-electron chi connectivity index (χ1n) is 16.2. The van der Waals surface area contributed by atoms with E-state index < -0.39 is 56.8 Å². The van der Waals surface area contributed by atoms with E-state index in [0.717, 1.165) is 48.4 Å². The lowest BCUT2D eigenvalue weighted by Gasteiger charge is -2.59. The van der Waals surface area contributed by atoms with Crippen molar-refractivity contribution in [3.05, 3.63) is 76.6 Å². The summed E-state index contributed by atoms with van der Waals surface area (Å²) in [7, 11) is 0. The Morgan fingerprint density at radius 2 is 1.63 bits per heavy atom. The second-order valence-electron chi connectivity index (χ2n) is 14.9. The van der Waals surface area contributed by atoms with Crippen LogP contribution in [0.3, 0.4) is 0 Å². The number of carbonyl (C=O) groups is 3. The molecule has 1 unspecified atom stereocenters. The van der Waals surface area contributed by atoms with Gasteiger partial charge in [-0.25, -0.2) is 0 Å². The zero-order valence-electron chi connectivity index (χ0n) is 28.0. The number of phenolic OH excluding ortho intramolecular Hbond substituents is 1. The van der Waals surface area contributed by atoms with Gasteiger partial charge < -0.3 is 20.4 Å². The number of Topliss-reactive ketones (excluding diaryl/α,β-unsaturated/α-hetero) is 3. The molecule has 4 atom stereocenters. The molecule has 0 spiro atoms. The summed E-state index contributed by atoms with van der Waals surface area (Å²) in [5.41, 5.74) is -1.44. The monoisotopic (exact) mass is 626 g/mol. The third-order valence-electron chi connectivity index (χ3n) is 10.8. The average Bonchev–Trinajstić information content (AvgIpc) is 2.94. The number of ketones is 3. The van der Waals surface area contributed by atoms with E-state index in [-0.39, 0.29) is 35.6 Å². The van der Waals surface area contributed by atoms with E-state index in [1.54, 1.807) is 26.8 Å². The van der Waals surface area contributed by atoms with E-state index >= 15 is 0 Å². The number of rotatable bonds is 8. The minimum atomic E-state index is -2.63. The van der Waals surface area contributed by atoms with E-state index in [2.05, 4.69) is 20.4 Å². The fourth-order valence-electron chi connectivity index (χ4n) is 8.74. The third kappa shape index (κ3) is 4.77. The number of aromatic hydroxyl groups is 1. The Morgan fingerprint density at radius 3 is 2.20 bits per heavy atom. The van der Waals surface area contributed by atoms with E-state index in [9.17, 15) is 34.8 Å². The molecule has 0 aromatic heterocycles. The fraction of sp³-hybridized carbons (Fsp3) is 0.462. The summed E-state index contributed by atoms with van der Waals surface area (Å²) in [5.74, 6) is -4.68. The number of allylic oxidation sites excluding steroid dienone is 2. The summed E-state index contributed by atoms with van der Waals surface area (Å²) in [5, 5.41) is 46.4. The van der Waals surface area contributed by atoms with Crippen LogP contribution in [-0.4, -0.2) is 43.4 Å². The van der Waals surface area contributed by atoms with Gasteiger partial charge in [-0.3, -0.25) is 14.4 Å². The molecule has 7 heteroatoms. The maximum Gasteiger partial charge on any atom is 0.203 e. The van der Waals surface area contributed by atoms with Crippen molar-refractivity contribution < 1.29 is 34.8 Å². The highest BCUT2D eigenvalue weighted by Crippen LogP contribution is 2.65. The Morgan fingerprint density at radius 1 is 1.00 bits per heavy atom. The summed E-state index contributed by atoms with van der Waals surface area (Å²) < 4.78 is 0. The van der Waals surface area contributed by atoms with E-state index in [0.29, 0.717) is 11.5 Å². The quantitative estimate of drug-likeness (QED) is 0.221. The molecular weight excluding hydrogens is 580 g/mol. The molecule has 4 N–H and O–H groups in total. The van der Waals surface area contributed by atoms with Crippen LogP contribution in [0.2, 0.25) is 0 Å². The van der Waals surface area contributed by atoms with Crippen molar-refractivity contribution in [1.82, 2.24) is 0 Å². The SMILES string of the molecule is C=C(CCCC(C)C)c1ccc(-c2ccc(O)c3c2C[C@]2(C)C[C@]4(C)C(C(C)C)C(=O)C(C(C)=O)=C(O)[C@]4(O)C(=O)C2=C3O)cc1. The minimum Gasteiger partial charge on any atom is -0.508 e. The molecule has 244 valence electrons. The smallest absolute Gasteiger partial charge is 0.203 e. The Hall–Kier alpha value is -3.97. The highest BCUT2D eigenvalue weighted by Gasteiger charge is 2.72. The molecule has 0 saturated heterocycles. The number of carbonyl (C=O) groups excluding carboxylic acids is 3. The van der Waals surface area contributed by atoms with Crippen LogP contribution >= 0.6 is 0 Å². The van der Waals surface area contributed by atoms with Gasteiger partial charge in [0.05, 0.1) is 5.56 Å². The van der Waals surface area contributed by atoms with Crippen LogP contribution in [-0.2, 0) is 20.8 Å². The minimum absolute atomic E-state index is 0.0507. The van der Waals surface area contributed by atoms with Crippen molar-refractivity contribution >= 4 is 28.7 Å². The predicted molar refractivity (Wildman–Crippen MR) is 179 cm³/mol. The van der Waals surface area contributed by atoms with Gasteiger partial charge in [0.1, 0.15) is 22.8 Å². The Labute approximate surface area is 271 Å². The molecule has 3 aliphatic carbocycles. The lowest BCUT2D eigenvalue weighted by molar-refractivity contribution is -0.178. The van der Waals surface area contributed by atoms with Gasteiger partial charge in [0.2, 0.25) is 5.78 Å². The number of aliphatic hydroxyl groups is 3. The van der Waals surface area contributed by atoms with Gasteiger partial charge in [-0.05, 0) is 78.3 Å². The first kappa shape index (κ1) is 33.4. The number of hydrogen-bond acceptors (Lipinski definition) is 7. The maximum atomic E-state index is 14.5. The van der Waals surface area contributed by atoms with E-state index in [1.165, 1.54) is 6.07 Å². The van der Waals surface area contributed by atoms with Crippen LogP contribution in [0.25, 0.3) is 22.5 Å². The van der Waals surface area contributed by atoms with Gasteiger partial charge in [0, 0.05) is 22.3 Å². The molecule has 0 aliphatic heterocycles. The molecule has 5 rings (SSSR count). The van der Waals surface area contributed by atoms with E-state index in [4.69, 9.17) is 0 Å². The molecule has 0 amide bonds.